The first kappa shape index (κ1) is 49.9. The van der Waals surface area contributed by atoms with Crippen molar-refractivity contribution in [1.29, 1.82) is 0 Å². The number of hydrogen-bond acceptors (Lipinski definition) is 17. The summed E-state index contributed by atoms with van der Waals surface area (Å²) in [6.07, 6.45) is 11.2. The normalized spacial score (nSPS) is 9.71. The molecule has 0 unspecified atom stereocenters. The predicted molar refractivity (Wildman–Crippen MR) is 222 cm³/mol. The Balaban J connectivity index is 0.000000277. The molecule has 0 aliphatic rings. The number of aldehydes is 1. The molecule has 4 N–H and O–H groups in total. The first-order valence-electron chi connectivity index (χ1n) is 17.2. The van der Waals surface area contributed by atoms with Crippen molar-refractivity contribution in [2.24, 2.45) is 10.2 Å². The lowest BCUT2D eigenvalue weighted by molar-refractivity contribution is -0.139. The maximum atomic E-state index is 11.3. The summed E-state index contributed by atoms with van der Waals surface area (Å²) in [5.41, 5.74) is 18.1. The quantitative estimate of drug-likeness (QED) is 0.0247. The van der Waals surface area contributed by atoms with Gasteiger partial charge in [0.2, 0.25) is 0 Å². The molecular weight excluding hydrogens is 832 g/mol. The monoisotopic (exact) mass is 870 g/mol. The van der Waals surface area contributed by atoms with Gasteiger partial charge in [0.25, 0.3) is 0 Å². The topological polar surface area (TPSA) is 362 Å². The maximum absolute atomic E-state index is 11.3. The number of azide groups is 2. The van der Waals surface area contributed by atoms with Crippen LogP contribution in [-0.4, -0.2) is 114 Å². The van der Waals surface area contributed by atoms with Gasteiger partial charge in [-0.2, -0.15) is 0 Å². The molecule has 328 valence electrons. The maximum Gasteiger partial charge on any atom is 0.354 e. The highest BCUT2D eigenvalue weighted by Gasteiger charge is 2.13. The molecule has 25 heteroatoms. The van der Waals surface area contributed by atoms with Gasteiger partial charge < -0.3 is 48.5 Å². The van der Waals surface area contributed by atoms with E-state index < -0.39 is 23.9 Å². The van der Waals surface area contributed by atoms with Gasteiger partial charge in [-0.05, 0) is 47.5 Å². The van der Waals surface area contributed by atoms with E-state index in [9.17, 15) is 28.8 Å². The lowest BCUT2D eigenvalue weighted by atomic mass is 10.2. The van der Waals surface area contributed by atoms with E-state index in [2.05, 4.69) is 64.2 Å². The van der Waals surface area contributed by atoms with Crippen LogP contribution >= 0.6 is 0 Å². The first-order valence-corrected chi connectivity index (χ1v) is 17.2. The number of aromatic carboxylic acids is 1. The second kappa shape index (κ2) is 26.7. The van der Waals surface area contributed by atoms with E-state index in [-0.39, 0.29) is 23.4 Å². The molecule has 0 amide bonds. The third-order valence-corrected chi connectivity index (χ3v) is 7.41. The number of methoxy groups -OCH3 is 6. The Morgan fingerprint density at radius 3 is 1.92 bits per heavy atom. The minimum atomic E-state index is -1.08. The number of pyridine rings is 4. The molecular formula is C38H38N12O13. The standard InChI is InChI=1S/C10H10N4O3.C10H10N2O3.C8H6N2O3.C7H7NO2.C3H5N3O2/c1-16-9-3-4-12-6-7(9)5-8(13-14-11)10(15)17-2;1-14-8-3-4-11-9-6(8)5-7(12-9)10(13)15-2;11-6-1-2-9-7-4(6)3-5(10-7)8(12)13;1-10-7-2-3-8-4-6(7)5-9;1-8-3(7)2-5-6-4/h3-6H,1-2H3;3-5H,1-2H3,(H,11,12);1-3H,(H,12,13)(H2,9,10,11);2-5H,1H3;2H2,1H3/b8-5-;;;;. The van der Waals surface area contributed by atoms with E-state index in [0.717, 1.165) is 5.39 Å². The summed E-state index contributed by atoms with van der Waals surface area (Å²) in [6.45, 7) is -0.229. The summed E-state index contributed by atoms with van der Waals surface area (Å²) in [7, 11) is 8.33. The molecule has 0 atom stereocenters. The molecule has 0 aromatic carbocycles. The van der Waals surface area contributed by atoms with E-state index in [0.29, 0.717) is 57.0 Å². The largest absolute Gasteiger partial charge is 0.496 e. The summed E-state index contributed by atoms with van der Waals surface area (Å²) >= 11 is 0. The molecule has 6 aromatic heterocycles. The van der Waals surface area contributed by atoms with E-state index >= 15 is 0 Å². The van der Waals surface area contributed by atoms with Crippen molar-refractivity contribution in [2.75, 3.05) is 49.2 Å². The molecule has 0 aliphatic carbocycles. The fourth-order valence-corrected chi connectivity index (χ4v) is 4.51. The van der Waals surface area contributed by atoms with Crippen molar-refractivity contribution in [3.8, 4) is 17.2 Å². The summed E-state index contributed by atoms with van der Waals surface area (Å²) in [4.78, 5) is 89.4. The minimum absolute atomic E-state index is 0.00884. The van der Waals surface area contributed by atoms with Crippen molar-refractivity contribution in [3.63, 3.8) is 0 Å². The summed E-state index contributed by atoms with van der Waals surface area (Å²) in [5, 5.41) is 16.0. The number of carbonyl (C=O) groups excluding carboxylic acids is 4. The zero-order valence-corrected chi connectivity index (χ0v) is 34.2. The molecule has 63 heavy (non-hydrogen) atoms. The van der Waals surface area contributed by atoms with Crippen molar-refractivity contribution < 1.29 is 57.5 Å². The summed E-state index contributed by atoms with van der Waals surface area (Å²) < 4.78 is 28.3. The van der Waals surface area contributed by atoms with Crippen LogP contribution in [0.25, 0.3) is 49.0 Å². The van der Waals surface area contributed by atoms with Crippen LogP contribution in [0.1, 0.15) is 36.9 Å². The number of ether oxygens (including phenoxy) is 6. The fraction of sp³-hybridized carbons (Fsp3) is 0.184. The molecule has 0 aliphatic heterocycles. The number of H-pyrrole nitrogens is 3. The van der Waals surface area contributed by atoms with E-state index in [1.165, 1.54) is 72.3 Å². The number of nitrogens with zero attached hydrogens (tertiary/aromatic N) is 9. The van der Waals surface area contributed by atoms with Crippen LogP contribution in [-0.2, 0) is 23.8 Å². The third kappa shape index (κ3) is 15.5. The second-order valence-corrected chi connectivity index (χ2v) is 11.1. The van der Waals surface area contributed by atoms with Gasteiger partial charge >= 0.3 is 23.9 Å². The Bertz CT molecular complexity index is 2700. The molecule has 6 rings (SSSR count). The predicted octanol–water partition coefficient (Wildman–Crippen LogP) is 5.20. The van der Waals surface area contributed by atoms with Gasteiger partial charge in [0.05, 0.1) is 59.0 Å². The Hall–Kier alpha value is -9.21. The van der Waals surface area contributed by atoms with Crippen molar-refractivity contribution >= 4 is 58.3 Å². The van der Waals surface area contributed by atoms with Gasteiger partial charge in [0, 0.05) is 58.6 Å². The fourth-order valence-electron chi connectivity index (χ4n) is 4.51. The smallest absolute Gasteiger partial charge is 0.354 e. The highest BCUT2D eigenvalue weighted by Crippen LogP contribution is 2.24. The van der Waals surface area contributed by atoms with Crippen molar-refractivity contribution in [2.45, 2.75) is 0 Å². The number of hydrogen-bond donors (Lipinski definition) is 4. The number of nitrogens with one attached hydrogen (secondary N) is 3. The minimum Gasteiger partial charge on any atom is -0.496 e. The van der Waals surface area contributed by atoms with Gasteiger partial charge in [-0.3, -0.25) is 24.4 Å². The summed E-state index contributed by atoms with van der Waals surface area (Å²) in [6, 6.07) is 9.32. The van der Waals surface area contributed by atoms with E-state index in [1.807, 2.05) is 0 Å². The Morgan fingerprint density at radius 1 is 0.778 bits per heavy atom. The second-order valence-electron chi connectivity index (χ2n) is 11.1. The number of carbonyl (C=O) groups is 5. The van der Waals surface area contributed by atoms with Gasteiger partial charge in [0.1, 0.15) is 52.2 Å². The lowest BCUT2D eigenvalue weighted by Gasteiger charge is -2.04. The Kier molecular flexibility index (Phi) is 21.2. The number of aromatic nitrogens is 6. The Morgan fingerprint density at radius 2 is 1.40 bits per heavy atom. The highest BCUT2D eigenvalue weighted by molar-refractivity contribution is 5.96. The third-order valence-electron chi connectivity index (χ3n) is 7.41. The molecule has 0 spiro atoms. The van der Waals surface area contributed by atoms with Crippen LogP contribution in [0.3, 0.4) is 0 Å². The molecule has 6 aromatic rings. The molecule has 0 saturated carbocycles. The summed E-state index contributed by atoms with van der Waals surface area (Å²) in [5.74, 6) is -1.01. The number of aromatic amines is 3. The van der Waals surface area contributed by atoms with Gasteiger partial charge in [-0.15, -0.1) is 0 Å². The van der Waals surface area contributed by atoms with Gasteiger partial charge in [0.15, 0.2) is 11.7 Å². The van der Waals surface area contributed by atoms with Crippen LogP contribution in [0.2, 0.25) is 0 Å². The molecule has 0 radical (unpaired) electrons. The van der Waals surface area contributed by atoms with Gasteiger partial charge in [-0.25, -0.2) is 19.4 Å². The lowest BCUT2D eigenvalue weighted by Crippen LogP contribution is -2.02. The molecule has 0 bridgehead atoms. The highest BCUT2D eigenvalue weighted by atomic mass is 16.5. The number of rotatable bonds is 11. The van der Waals surface area contributed by atoms with Crippen molar-refractivity contribution in [1.82, 2.24) is 29.9 Å². The van der Waals surface area contributed by atoms with Crippen molar-refractivity contribution in [3.05, 3.63) is 133 Å². The van der Waals surface area contributed by atoms with E-state index in [4.69, 9.17) is 30.4 Å². The first-order chi connectivity index (χ1) is 30.4. The zero-order valence-electron chi connectivity index (χ0n) is 34.2. The average molecular weight is 871 g/mol. The van der Waals surface area contributed by atoms with Crippen LogP contribution < -0.4 is 19.6 Å². The molecule has 6 heterocycles. The number of fused-ring (bicyclic) bond motifs is 2. The van der Waals surface area contributed by atoms with E-state index in [1.54, 1.807) is 50.0 Å². The van der Waals surface area contributed by atoms with Crippen LogP contribution in [0.15, 0.2) is 94.3 Å². The zero-order chi connectivity index (χ0) is 46.7. The molecule has 25 nitrogen and oxygen atoms in total. The van der Waals surface area contributed by atoms with Crippen LogP contribution in [0.4, 0.5) is 0 Å². The SMILES string of the molecule is COC(=O)/C(=C/c1cnccc1OC)N=[N+]=[N-].COC(=O)CN=[N+]=[N-].COC(=O)c1cc2c(OC)ccnc2[nH]1.COc1ccncc1C=O.O=C(O)c1cc2c(=O)cc[nH]c2[nH]1. The number of carboxylic acids is 1. The van der Waals surface area contributed by atoms with Crippen LogP contribution in [0.5, 0.6) is 17.2 Å². The Labute approximate surface area is 354 Å². The number of esters is 3. The van der Waals surface area contributed by atoms with Gasteiger partial charge in [-0.1, -0.05) is 10.2 Å². The average Bonchev–Trinajstić information content (AvgIpc) is 3.98. The number of carboxylic acid groups (broad SMARTS) is 1. The molecule has 0 fully saturated rings. The molecule has 0 saturated heterocycles. The van der Waals surface area contributed by atoms with Crippen LogP contribution in [0, 0.1) is 0 Å².